The first-order valence-electron chi connectivity index (χ1n) is 14.7. The van der Waals surface area contributed by atoms with Crippen LogP contribution < -0.4 is 11.1 Å². The van der Waals surface area contributed by atoms with E-state index in [-0.39, 0.29) is 5.91 Å². The fraction of sp³-hybridized carbons (Fsp3) is 0.967. The molecule has 0 aromatic rings. The first-order valence-corrected chi connectivity index (χ1v) is 14.7. The van der Waals surface area contributed by atoms with Crippen LogP contribution in [0.1, 0.15) is 118 Å². The van der Waals surface area contributed by atoms with Gasteiger partial charge in [-0.05, 0) is 110 Å². The molecule has 4 aliphatic rings. The van der Waals surface area contributed by atoms with Crippen molar-refractivity contribution in [3.8, 4) is 0 Å². The van der Waals surface area contributed by atoms with Gasteiger partial charge >= 0.3 is 0 Å². The zero-order chi connectivity index (χ0) is 23.8. The number of hydrogen-bond acceptors (Lipinski definition) is 2. The van der Waals surface area contributed by atoms with Crippen LogP contribution in [0.2, 0.25) is 0 Å². The van der Waals surface area contributed by atoms with Crippen molar-refractivity contribution in [1.29, 1.82) is 0 Å². The third-order valence-electron chi connectivity index (χ3n) is 11.6. The summed E-state index contributed by atoms with van der Waals surface area (Å²) in [5.74, 6) is 6.50. The first kappa shape index (κ1) is 25.5. The van der Waals surface area contributed by atoms with Crippen molar-refractivity contribution < 1.29 is 4.79 Å². The van der Waals surface area contributed by atoms with Crippen LogP contribution in [-0.2, 0) is 4.79 Å². The molecule has 0 spiro atoms. The minimum absolute atomic E-state index is 0.160. The molecular formula is C30H54N2O. The second kappa shape index (κ2) is 10.2. The van der Waals surface area contributed by atoms with E-state index in [0.717, 1.165) is 41.4 Å². The molecule has 0 radical (unpaired) electrons. The number of carbonyl (C=O) groups excluding carboxylic acids is 1. The quantitative estimate of drug-likeness (QED) is 0.414. The molecule has 4 aliphatic carbocycles. The molecule has 4 fully saturated rings. The van der Waals surface area contributed by atoms with Crippen molar-refractivity contribution in [1.82, 2.24) is 5.32 Å². The molecule has 4 rings (SSSR count). The number of hydrogen-bond donors (Lipinski definition) is 2. The number of nitrogens with two attached hydrogens (primary N) is 1. The lowest BCUT2D eigenvalue weighted by atomic mass is 9.44. The van der Waals surface area contributed by atoms with Gasteiger partial charge in [-0.25, -0.2) is 0 Å². The van der Waals surface area contributed by atoms with E-state index < -0.39 is 0 Å². The van der Waals surface area contributed by atoms with Gasteiger partial charge in [0.05, 0.1) is 0 Å². The van der Waals surface area contributed by atoms with Crippen LogP contribution in [-0.4, -0.2) is 18.5 Å². The Morgan fingerprint density at radius 2 is 1.67 bits per heavy atom. The van der Waals surface area contributed by atoms with Gasteiger partial charge in [0.15, 0.2) is 0 Å². The van der Waals surface area contributed by atoms with Gasteiger partial charge in [-0.1, -0.05) is 53.9 Å². The van der Waals surface area contributed by atoms with Crippen LogP contribution >= 0.6 is 0 Å². The lowest BCUT2D eigenvalue weighted by molar-refractivity contribution is -0.127. The molecule has 4 saturated carbocycles. The van der Waals surface area contributed by atoms with Gasteiger partial charge in [0, 0.05) is 19.0 Å². The molecule has 0 aromatic heterocycles. The van der Waals surface area contributed by atoms with Crippen molar-refractivity contribution >= 4 is 5.91 Å². The number of carbonyl (C=O) groups is 1. The fourth-order valence-corrected chi connectivity index (χ4v) is 9.84. The molecule has 0 bridgehead atoms. The van der Waals surface area contributed by atoms with Crippen LogP contribution in [0.15, 0.2) is 0 Å². The third-order valence-corrected chi connectivity index (χ3v) is 11.6. The predicted molar refractivity (Wildman–Crippen MR) is 139 cm³/mol. The maximum absolute atomic E-state index is 12.1. The smallest absolute Gasteiger partial charge is 0.221 e. The first-order chi connectivity index (χ1) is 15.7. The van der Waals surface area contributed by atoms with E-state index in [4.69, 9.17) is 5.73 Å². The van der Waals surface area contributed by atoms with Gasteiger partial charge in [0.25, 0.3) is 0 Å². The van der Waals surface area contributed by atoms with Gasteiger partial charge < -0.3 is 11.1 Å². The normalized spacial score (nSPS) is 43.5. The highest BCUT2D eigenvalue weighted by Gasteiger charge is 2.60. The highest BCUT2D eigenvalue weighted by atomic mass is 16.1. The van der Waals surface area contributed by atoms with Crippen molar-refractivity contribution in [3.05, 3.63) is 0 Å². The zero-order valence-electron chi connectivity index (χ0n) is 22.5. The Hall–Kier alpha value is -0.570. The summed E-state index contributed by atoms with van der Waals surface area (Å²) in [4.78, 5) is 12.1. The van der Waals surface area contributed by atoms with Crippen molar-refractivity contribution in [2.24, 2.45) is 58.0 Å². The van der Waals surface area contributed by atoms with Gasteiger partial charge in [0.2, 0.25) is 5.91 Å². The van der Waals surface area contributed by atoms with E-state index in [1.165, 1.54) is 77.0 Å². The second-order valence-electron chi connectivity index (χ2n) is 13.8. The van der Waals surface area contributed by atoms with Gasteiger partial charge in [-0.15, -0.1) is 0 Å². The van der Waals surface area contributed by atoms with Crippen LogP contribution in [0, 0.1) is 52.3 Å². The summed E-state index contributed by atoms with van der Waals surface area (Å²) >= 11 is 0. The Labute approximate surface area is 204 Å². The van der Waals surface area contributed by atoms with Crippen LogP contribution in [0.3, 0.4) is 0 Å². The summed E-state index contributed by atoms with van der Waals surface area (Å²) < 4.78 is 0. The standard InChI is InChI=1S/C30H54N2O/c1-20(2)7-6-8-21(3)25-11-12-26-24-10-9-22-19-23(32-28(33)15-18-31)13-16-29(22,4)27(24)14-17-30(25,26)5/h20-27H,6-19,31H2,1-5H3,(H,32,33)/t21-,22?,23?,24+,25-,26+,27+,29+,30-/m1/s1. The molecule has 190 valence electrons. The number of nitrogens with one attached hydrogen (secondary N) is 1. The largest absolute Gasteiger partial charge is 0.353 e. The fourth-order valence-electron chi connectivity index (χ4n) is 9.84. The molecule has 3 nitrogen and oxygen atoms in total. The Balaban J connectivity index is 1.40. The average molecular weight is 459 g/mol. The Bertz CT molecular complexity index is 676. The topological polar surface area (TPSA) is 55.1 Å². The number of rotatable bonds is 8. The van der Waals surface area contributed by atoms with E-state index in [1.54, 1.807) is 0 Å². The number of amides is 1. The lowest BCUT2D eigenvalue weighted by Gasteiger charge is -2.61. The Kier molecular flexibility index (Phi) is 7.88. The van der Waals surface area contributed by atoms with Crippen molar-refractivity contribution in [2.45, 2.75) is 124 Å². The maximum Gasteiger partial charge on any atom is 0.221 e. The van der Waals surface area contributed by atoms with Gasteiger partial charge in [0.1, 0.15) is 0 Å². The molecule has 3 N–H and O–H groups in total. The summed E-state index contributed by atoms with van der Waals surface area (Å²) in [7, 11) is 0. The third kappa shape index (κ3) is 4.91. The van der Waals surface area contributed by atoms with E-state index in [9.17, 15) is 4.79 Å². The zero-order valence-corrected chi connectivity index (χ0v) is 22.5. The van der Waals surface area contributed by atoms with Crippen molar-refractivity contribution in [3.63, 3.8) is 0 Å². The van der Waals surface area contributed by atoms with Gasteiger partial charge in [-0.3, -0.25) is 4.79 Å². The van der Waals surface area contributed by atoms with E-state index in [0.29, 0.717) is 29.8 Å². The van der Waals surface area contributed by atoms with E-state index in [1.807, 2.05) is 0 Å². The van der Waals surface area contributed by atoms with Crippen LogP contribution in [0.5, 0.6) is 0 Å². The molecular weight excluding hydrogens is 404 g/mol. The second-order valence-corrected chi connectivity index (χ2v) is 13.8. The highest BCUT2D eigenvalue weighted by molar-refractivity contribution is 5.76. The van der Waals surface area contributed by atoms with Crippen molar-refractivity contribution in [2.75, 3.05) is 6.54 Å². The van der Waals surface area contributed by atoms with Crippen LogP contribution in [0.4, 0.5) is 0 Å². The molecule has 0 saturated heterocycles. The van der Waals surface area contributed by atoms with Gasteiger partial charge in [-0.2, -0.15) is 0 Å². The van der Waals surface area contributed by atoms with Crippen LogP contribution in [0.25, 0.3) is 0 Å². The van der Waals surface area contributed by atoms with E-state index in [2.05, 4.69) is 39.9 Å². The maximum atomic E-state index is 12.1. The van der Waals surface area contributed by atoms with E-state index >= 15 is 0 Å². The molecule has 3 heteroatoms. The SMILES string of the molecule is CC(C)CCC[C@@H](C)[C@H]1CC[C@H]2[C@@H]3CCC4CC(NC(=O)CCN)CC[C@]4(C)[C@H]3CC[C@]12C. The summed E-state index contributed by atoms with van der Waals surface area (Å²) in [6.07, 6.45) is 17.2. The molecule has 33 heavy (non-hydrogen) atoms. The summed E-state index contributed by atoms with van der Waals surface area (Å²) in [5, 5.41) is 3.31. The minimum atomic E-state index is 0.160. The molecule has 0 heterocycles. The Morgan fingerprint density at radius 1 is 0.939 bits per heavy atom. The molecule has 2 unspecified atom stereocenters. The molecule has 0 aliphatic heterocycles. The lowest BCUT2D eigenvalue weighted by Crippen LogP contribution is -2.55. The average Bonchev–Trinajstić information content (AvgIpc) is 3.11. The highest BCUT2D eigenvalue weighted by Crippen LogP contribution is 2.68. The summed E-state index contributed by atoms with van der Waals surface area (Å²) in [5.41, 5.74) is 6.68. The molecule has 0 aromatic carbocycles. The summed E-state index contributed by atoms with van der Waals surface area (Å²) in [6, 6.07) is 0.384. The molecule has 9 atom stereocenters. The number of fused-ring (bicyclic) bond motifs is 5. The predicted octanol–water partition coefficient (Wildman–Crippen LogP) is 6.94. The monoisotopic (exact) mass is 458 g/mol. The Morgan fingerprint density at radius 3 is 2.39 bits per heavy atom. The molecule has 1 amide bonds. The summed E-state index contributed by atoms with van der Waals surface area (Å²) in [6.45, 7) is 13.2. The minimum Gasteiger partial charge on any atom is -0.353 e.